The number of amides is 1. The standard InChI is InChI=1S/C31H24ClF4N7O2/c1-17-3-2-4-26(18-9-10-37-24(11-18)21-13-20(33)6-7-23(21)39-30(17)45)42-16-38-25(14-29(42)44)22-12-19(32)5-8-27(22)43-15-28(40-41-43)31(34,35)36/h5-17,26H,2-4H2,1H3,(H,39,45)/t17-,26+/m1/s1. The molecule has 4 heterocycles. The Morgan fingerprint density at radius 1 is 0.956 bits per heavy atom. The third-order valence-corrected chi connectivity index (χ3v) is 7.92. The Balaban J connectivity index is 1.42. The number of anilines is 1. The van der Waals surface area contributed by atoms with Crippen LogP contribution in [0.2, 0.25) is 5.02 Å². The Morgan fingerprint density at radius 2 is 1.76 bits per heavy atom. The molecule has 1 N–H and O–H groups in total. The zero-order valence-electron chi connectivity index (χ0n) is 23.6. The van der Waals surface area contributed by atoms with Crippen LogP contribution >= 0.6 is 11.6 Å². The molecule has 0 saturated carbocycles. The van der Waals surface area contributed by atoms with Crippen LogP contribution in [-0.2, 0) is 11.0 Å². The Bertz CT molecular complexity index is 1970. The molecule has 2 atom stereocenters. The fourth-order valence-electron chi connectivity index (χ4n) is 5.33. The highest BCUT2D eigenvalue weighted by atomic mass is 35.5. The summed E-state index contributed by atoms with van der Waals surface area (Å²) in [6.45, 7) is 1.80. The van der Waals surface area contributed by atoms with Gasteiger partial charge in [-0.2, -0.15) is 13.2 Å². The van der Waals surface area contributed by atoms with Crippen molar-refractivity contribution in [1.29, 1.82) is 0 Å². The highest BCUT2D eigenvalue weighted by Crippen LogP contribution is 2.34. The third kappa shape index (κ3) is 6.21. The van der Waals surface area contributed by atoms with Gasteiger partial charge in [-0.3, -0.25) is 19.1 Å². The fraction of sp³-hybridized carbons (Fsp3) is 0.226. The van der Waals surface area contributed by atoms with Gasteiger partial charge in [-0.1, -0.05) is 30.2 Å². The smallest absolute Gasteiger partial charge is 0.325 e. The van der Waals surface area contributed by atoms with Gasteiger partial charge in [-0.05, 0) is 66.9 Å². The van der Waals surface area contributed by atoms with Crippen LogP contribution in [0.25, 0.3) is 28.2 Å². The zero-order chi connectivity index (χ0) is 31.9. The first-order valence-corrected chi connectivity index (χ1v) is 14.3. The van der Waals surface area contributed by atoms with Gasteiger partial charge in [-0.15, -0.1) is 5.10 Å². The normalized spacial score (nSPS) is 17.2. The Labute approximate surface area is 258 Å². The summed E-state index contributed by atoms with van der Waals surface area (Å²) in [5.41, 5.74) is 0.958. The predicted octanol–water partition coefficient (Wildman–Crippen LogP) is 6.71. The van der Waals surface area contributed by atoms with Gasteiger partial charge in [0.1, 0.15) is 5.82 Å². The van der Waals surface area contributed by atoms with Gasteiger partial charge in [-0.25, -0.2) is 14.1 Å². The lowest BCUT2D eigenvalue weighted by Crippen LogP contribution is -2.26. The Hall–Kier alpha value is -4.91. The second kappa shape index (κ2) is 11.9. The lowest BCUT2D eigenvalue weighted by molar-refractivity contribution is -0.141. The molecule has 0 fully saturated rings. The number of pyridine rings is 1. The molecule has 2 bridgehead atoms. The maximum Gasteiger partial charge on any atom is 0.436 e. The topological polar surface area (TPSA) is 108 Å². The number of hydrogen-bond acceptors (Lipinski definition) is 6. The van der Waals surface area contributed by atoms with Gasteiger partial charge in [0.15, 0.2) is 5.69 Å². The number of aromatic nitrogens is 6. The summed E-state index contributed by atoms with van der Waals surface area (Å²) in [6.07, 6.45) is 0.563. The van der Waals surface area contributed by atoms with E-state index in [1.54, 1.807) is 25.3 Å². The van der Waals surface area contributed by atoms with Crippen LogP contribution in [0.15, 0.2) is 78.1 Å². The number of carbonyl (C=O) groups is 1. The van der Waals surface area contributed by atoms with Crippen LogP contribution < -0.4 is 10.9 Å². The summed E-state index contributed by atoms with van der Waals surface area (Å²) in [7, 11) is 0. The van der Waals surface area contributed by atoms with Crippen LogP contribution in [-0.4, -0.2) is 35.4 Å². The largest absolute Gasteiger partial charge is 0.436 e. The number of carbonyl (C=O) groups excluding carboxylic acids is 1. The molecule has 0 unspecified atom stereocenters. The van der Waals surface area contributed by atoms with E-state index >= 15 is 0 Å². The van der Waals surface area contributed by atoms with Crippen molar-refractivity contribution in [2.45, 2.75) is 38.4 Å². The summed E-state index contributed by atoms with van der Waals surface area (Å²) in [5.74, 6) is -1.07. The van der Waals surface area contributed by atoms with Gasteiger partial charge in [0.05, 0.1) is 41.3 Å². The monoisotopic (exact) mass is 637 g/mol. The van der Waals surface area contributed by atoms with Crippen molar-refractivity contribution in [3.8, 4) is 28.2 Å². The van der Waals surface area contributed by atoms with Crippen molar-refractivity contribution >= 4 is 23.2 Å². The molecule has 5 aromatic rings. The number of rotatable bonds is 3. The van der Waals surface area contributed by atoms with E-state index in [2.05, 4.69) is 25.6 Å². The van der Waals surface area contributed by atoms with Gasteiger partial charge in [0.2, 0.25) is 5.91 Å². The predicted molar refractivity (Wildman–Crippen MR) is 158 cm³/mol. The minimum Gasteiger partial charge on any atom is -0.325 e. The fourth-order valence-corrected chi connectivity index (χ4v) is 5.50. The molecule has 14 heteroatoms. The van der Waals surface area contributed by atoms with E-state index in [1.165, 1.54) is 53.4 Å². The minimum atomic E-state index is -4.69. The average Bonchev–Trinajstić information content (AvgIpc) is 3.51. The van der Waals surface area contributed by atoms with Crippen LogP contribution in [0, 0.1) is 11.7 Å². The van der Waals surface area contributed by atoms with Gasteiger partial charge in [0.25, 0.3) is 5.56 Å². The molecule has 0 saturated heterocycles. The van der Waals surface area contributed by atoms with Crippen LogP contribution in [0.3, 0.4) is 0 Å². The highest BCUT2D eigenvalue weighted by Gasteiger charge is 2.35. The van der Waals surface area contributed by atoms with Crippen molar-refractivity contribution in [2.24, 2.45) is 5.92 Å². The molecule has 0 radical (unpaired) electrons. The molecule has 1 amide bonds. The van der Waals surface area contributed by atoms with Gasteiger partial charge >= 0.3 is 6.18 Å². The molecule has 1 aliphatic rings. The van der Waals surface area contributed by atoms with Crippen LogP contribution in [0.4, 0.5) is 23.2 Å². The van der Waals surface area contributed by atoms with Crippen molar-refractivity contribution < 1.29 is 22.4 Å². The lowest BCUT2D eigenvalue weighted by Gasteiger charge is -2.23. The number of hydrogen-bond donors (Lipinski definition) is 1. The van der Waals surface area contributed by atoms with Crippen molar-refractivity contribution in [3.05, 3.63) is 106 Å². The molecule has 1 aliphatic heterocycles. The van der Waals surface area contributed by atoms with E-state index in [1.807, 2.05) is 0 Å². The van der Waals surface area contributed by atoms with Crippen molar-refractivity contribution in [1.82, 2.24) is 29.5 Å². The Kier molecular flexibility index (Phi) is 7.96. The SMILES string of the molecule is C[C@@H]1CCC[C@H](n2cnc(-c3cc(Cl)ccc3-n3cc(C(F)(F)F)nn3)cc2=O)c2ccnc(c2)-c2cc(F)ccc2NC1=O. The van der Waals surface area contributed by atoms with E-state index in [9.17, 15) is 27.2 Å². The molecule has 0 aliphatic carbocycles. The van der Waals surface area contributed by atoms with Gasteiger partial charge in [0, 0.05) is 34.3 Å². The molecular weight excluding hydrogens is 614 g/mol. The number of nitrogens with one attached hydrogen (secondary N) is 1. The summed E-state index contributed by atoms with van der Waals surface area (Å²) >= 11 is 6.22. The number of halogens is 5. The maximum absolute atomic E-state index is 14.3. The molecule has 45 heavy (non-hydrogen) atoms. The number of alkyl halides is 3. The van der Waals surface area contributed by atoms with Crippen LogP contribution in [0.5, 0.6) is 0 Å². The number of nitrogens with zero attached hydrogens (tertiary/aromatic N) is 6. The highest BCUT2D eigenvalue weighted by molar-refractivity contribution is 6.31. The molecular formula is C31H24ClF4N7O2. The number of fused-ring (bicyclic) bond motifs is 4. The average molecular weight is 638 g/mol. The van der Waals surface area contributed by atoms with E-state index < -0.39 is 29.3 Å². The first-order chi connectivity index (χ1) is 21.5. The maximum atomic E-state index is 14.3. The minimum absolute atomic E-state index is 0.163. The summed E-state index contributed by atoms with van der Waals surface area (Å²) < 4.78 is 56.3. The van der Waals surface area contributed by atoms with Crippen LogP contribution in [0.1, 0.15) is 43.5 Å². The van der Waals surface area contributed by atoms with Gasteiger partial charge < -0.3 is 5.32 Å². The Morgan fingerprint density at radius 3 is 2.51 bits per heavy atom. The summed E-state index contributed by atoms with van der Waals surface area (Å²) in [6, 6.07) is 12.7. The molecule has 0 spiro atoms. The summed E-state index contributed by atoms with van der Waals surface area (Å²) in [5, 5.41) is 9.98. The van der Waals surface area contributed by atoms with Crippen molar-refractivity contribution in [2.75, 3.05) is 5.32 Å². The summed E-state index contributed by atoms with van der Waals surface area (Å²) in [4.78, 5) is 35.5. The van der Waals surface area contributed by atoms with E-state index in [-0.39, 0.29) is 33.8 Å². The zero-order valence-corrected chi connectivity index (χ0v) is 24.3. The van der Waals surface area contributed by atoms with E-state index in [0.29, 0.717) is 36.2 Å². The quantitative estimate of drug-likeness (QED) is 0.220. The molecule has 9 nitrogen and oxygen atoms in total. The van der Waals surface area contributed by atoms with E-state index in [4.69, 9.17) is 11.6 Å². The first kappa shape index (κ1) is 30.1. The molecule has 2 aromatic carbocycles. The first-order valence-electron chi connectivity index (χ1n) is 13.9. The van der Waals surface area contributed by atoms with E-state index in [0.717, 1.165) is 16.4 Å². The second-order valence-electron chi connectivity index (χ2n) is 10.7. The molecule has 230 valence electrons. The second-order valence-corrected chi connectivity index (χ2v) is 11.2. The van der Waals surface area contributed by atoms with Crippen molar-refractivity contribution in [3.63, 3.8) is 0 Å². The molecule has 3 aromatic heterocycles. The third-order valence-electron chi connectivity index (χ3n) is 7.68. The molecule has 6 rings (SSSR count). The number of benzene rings is 2. The lowest BCUT2D eigenvalue weighted by atomic mass is 9.94.